The summed E-state index contributed by atoms with van der Waals surface area (Å²) in [6, 6.07) is 6.66. The first-order valence-electron chi connectivity index (χ1n) is 8.03. The van der Waals surface area contributed by atoms with E-state index in [1.165, 1.54) is 0 Å². The van der Waals surface area contributed by atoms with Crippen molar-refractivity contribution in [2.75, 3.05) is 6.54 Å². The minimum Gasteiger partial charge on any atom is -0.352 e. The highest BCUT2D eigenvalue weighted by Crippen LogP contribution is 2.26. The molecule has 4 N–H and O–H groups in total. The maximum absolute atomic E-state index is 12.0. The summed E-state index contributed by atoms with van der Waals surface area (Å²) in [5.41, 5.74) is 6.84. The van der Waals surface area contributed by atoms with E-state index in [9.17, 15) is 13.2 Å². The summed E-state index contributed by atoms with van der Waals surface area (Å²) in [7, 11) is -3.43. The number of hydrogen-bond donors (Lipinski definition) is 3. The fraction of sp³-hybridized carbons (Fsp3) is 0.562. The summed E-state index contributed by atoms with van der Waals surface area (Å²) >= 11 is 0. The third-order valence-corrected chi connectivity index (χ3v) is 5.78. The van der Waals surface area contributed by atoms with Crippen LogP contribution in [0.25, 0.3) is 0 Å². The number of nitrogens with two attached hydrogens (primary N) is 1. The van der Waals surface area contributed by atoms with Crippen molar-refractivity contribution in [2.45, 2.75) is 50.1 Å². The van der Waals surface area contributed by atoms with Gasteiger partial charge in [-0.3, -0.25) is 4.79 Å². The van der Waals surface area contributed by atoms with E-state index in [0.717, 1.165) is 24.8 Å². The maximum atomic E-state index is 12.0. The first-order valence-corrected chi connectivity index (χ1v) is 9.51. The fourth-order valence-corrected chi connectivity index (χ4v) is 3.93. The minimum atomic E-state index is -3.43. The summed E-state index contributed by atoms with van der Waals surface area (Å²) in [6.07, 6.45) is 3.58. The standard InChI is InChI=1S/C16H25N3O3S/c1-2-19-23(21,22)14-8-6-12(7-9-14)11-18-16(20)10-13-4-3-5-15(13)17/h6-9,13,15,19H,2-5,10-11,17H2,1H3,(H,18,20)/t13-,15+/m0/s1. The Morgan fingerprint density at radius 1 is 1.26 bits per heavy atom. The molecular weight excluding hydrogens is 314 g/mol. The highest BCUT2D eigenvalue weighted by atomic mass is 32.2. The van der Waals surface area contributed by atoms with Gasteiger partial charge in [0, 0.05) is 25.6 Å². The van der Waals surface area contributed by atoms with Crippen LogP contribution >= 0.6 is 0 Å². The Bertz CT molecular complexity index is 628. The lowest BCUT2D eigenvalue weighted by Crippen LogP contribution is -2.31. The van der Waals surface area contributed by atoms with Crippen molar-refractivity contribution < 1.29 is 13.2 Å². The van der Waals surface area contributed by atoms with E-state index in [0.29, 0.717) is 19.5 Å². The quantitative estimate of drug-likeness (QED) is 0.693. The second kappa shape index (κ2) is 7.90. The Morgan fingerprint density at radius 3 is 2.52 bits per heavy atom. The third kappa shape index (κ3) is 5.02. The highest BCUT2D eigenvalue weighted by molar-refractivity contribution is 7.89. The summed E-state index contributed by atoms with van der Waals surface area (Å²) in [6.45, 7) is 2.48. The predicted molar refractivity (Wildman–Crippen MR) is 89.1 cm³/mol. The van der Waals surface area contributed by atoms with Crippen molar-refractivity contribution in [3.05, 3.63) is 29.8 Å². The molecule has 0 radical (unpaired) electrons. The first-order chi connectivity index (χ1) is 10.9. The van der Waals surface area contributed by atoms with Gasteiger partial charge in [0.05, 0.1) is 4.90 Å². The maximum Gasteiger partial charge on any atom is 0.240 e. The Labute approximate surface area is 137 Å². The van der Waals surface area contributed by atoms with E-state index >= 15 is 0 Å². The molecule has 1 fully saturated rings. The second-order valence-corrected chi connectivity index (χ2v) is 7.75. The van der Waals surface area contributed by atoms with E-state index in [4.69, 9.17) is 5.73 Å². The molecule has 6 nitrogen and oxygen atoms in total. The first kappa shape index (κ1) is 17.9. The molecule has 1 aromatic carbocycles. The smallest absolute Gasteiger partial charge is 0.240 e. The molecule has 0 aliphatic heterocycles. The number of rotatable bonds is 7. The van der Waals surface area contributed by atoms with Gasteiger partial charge >= 0.3 is 0 Å². The molecule has 1 aromatic rings. The molecule has 1 saturated carbocycles. The van der Waals surface area contributed by atoms with Gasteiger partial charge in [-0.15, -0.1) is 0 Å². The zero-order valence-corrected chi connectivity index (χ0v) is 14.2. The van der Waals surface area contributed by atoms with Gasteiger partial charge in [-0.2, -0.15) is 0 Å². The molecule has 1 amide bonds. The average Bonchev–Trinajstić information content (AvgIpc) is 2.91. The van der Waals surface area contributed by atoms with E-state index in [1.807, 2.05) is 0 Å². The van der Waals surface area contributed by atoms with Crippen molar-refractivity contribution in [1.82, 2.24) is 10.0 Å². The molecule has 2 rings (SSSR count). The molecule has 0 bridgehead atoms. The normalized spacial score (nSPS) is 21.3. The second-order valence-electron chi connectivity index (χ2n) is 5.98. The summed E-state index contributed by atoms with van der Waals surface area (Å²) in [4.78, 5) is 12.2. The molecule has 7 heteroatoms. The van der Waals surface area contributed by atoms with E-state index in [1.54, 1.807) is 31.2 Å². The number of carbonyl (C=O) groups excluding carboxylic acids is 1. The zero-order chi connectivity index (χ0) is 16.9. The lowest BCUT2D eigenvalue weighted by Gasteiger charge is -2.14. The van der Waals surface area contributed by atoms with Crippen LogP contribution in [-0.4, -0.2) is 26.9 Å². The number of hydrogen-bond acceptors (Lipinski definition) is 4. The van der Waals surface area contributed by atoms with Gasteiger partial charge in [0.2, 0.25) is 15.9 Å². The monoisotopic (exact) mass is 339 g/mol. The van der Waals surface area contributed by atoms with Gasteiger partial charge < -0.3 is 11.1 Å². The van der Waals surface area contributed by atoms with Gasteiger partial charge in [-0.05, 0) is 36.5 Å². The molecule has 0 saturated heterocycles. The molecule has 0 heterocycles. The molecular formula is C16H25N3O3S. The van der Waals surface area contributed by atoms with Crippen LogP contribution < -0.4 is 15.8 Å². The van der Waals surface area contributed by atoms with Crippen LogP contribution in [0.4, 0.5) is 0 Å². The van der Waals surface area contributed by atoms with Crippen molar-refractivity contribution in [2.24, 2.45) is 11.7 Å². The fourth-order valence-electron chi connectivity index (χ4n) is 2.89. The topological polar surface area (TPSA) is 101 Å². The average molecular weight is 339 g/mol. The number of benzene rings is 1. The van der Waals surface area contributed by atoms with Crippen LogP contribution in [0.15, 0.2) is 29.2 Å². The molecule has 128 valence electrons. The lowest BCUT2D eigenvalue weighted by molar-refractivity contribution is -0.122. The summed E-state index contributed by atoms with van der Waals surface area (Å²) in [5.74, 6) is 0.277. The Balaban J connectivity index is 1.85. The van der Waals surface area contributed by atoms with Crippen LogP contribution in [0.1, 0.15) is 38.2 Å². The van der Waals surface area contributed by atoms with Crippen molar-refractivity contribution in [3.8, 4) is 0 Å². The Morgan fingerprint density at radius 2 is 1.96 bits per heavy atom. The van der Waals surface area contributed by atoms with Crippen molar-refractivity contribution in [3.63, 3.8) is 0 Å². The SMILES string of the molecule is CCNS(=O)(=O)c1ccc(CNC(=O)C[C@@H]2CCC[C@H]2N)cc1. The van der Waals surface area contributed by atoms with Gasteiger partial charge in [-0.25, -0.2) is 13.1 Å². The molecule has 0 spiro atoms. The Hall–Kier alpha value is -1.44. The van der Waals surface area contributed by atoms with Crippen LogP contribution in [0, 0.1) is 5.92 Å². The number of carbonyl (C=O) groups is 1. The number of nitrogens with one attached hydrogen (secondary N) is 2. The predicted octanol–water partition coefficient (Wildman–Crippen LogP) is 1.12. The molecule has 2 atom stereocenters. The Kier molecular flexibility index (Phi) is 6.15. The van der Waals surface area contributed by atoms with Gasteiger partial charge in [0.15, 0.2) is 0 Å². The molecule has 1 aliphatic rings. The van der Waals surface area contributed by atoms with Crippen LogP contribution in [0.2, 0.25) is 0 Å². The minimum absolute atomic E-state index is 0.00306. The zero-order valence-electron chi connectivity index (χ0n) is 13.4. The third-order valence-electron chi connectivity index (χ3n) is 4.22. The molecule has 1 aliphatic carbocycles. The number of sulfonamides is 1. The van der Waals surface area contributed by atoms with E-state index in [2.05, 4.69) is 10.0 Å². The van der Waals surface area contributed by atoms with E-state index in [-0.39, 0.29) is 22.8 Å². The number of amides is 1. The molecule has 23 heavy (non-hydrogen) atoms. The largest absolute Gasteiger partial charge is 0.352 e. The van der Waals surface area contributed by atoms with Crippen LogP contribution in [0.3, 0.4) is 0 Å². The highest BCUT2D eigenvalue weighted by Gasteiger charge is 2.25. The molecule has 0 aromatic heterocycles. The van der Waals surface area contributed by atoms with Crippen LogP contribution in [0.5, 0.6) is 0 Å². The van der Waals surface area contributed by atoms with Gasteiger partial charge in [0.25, 0.3) is 0 Å². The molecule has 0 unspecified atom stereocenters. The lowest BCUT2D eigenvalue weighted by atomic mass is 10.00. The van der Waals surface area contributed by atoms with Crippen molar-refractivity contribution in [1.29, 1.82) is 0 Å². The van der Waals surface area contributed by atoms with Crippen LogP contribution in [-0.2, 0) is 21.4 Å². The summed E-state index contributed by atoms with van der Waals surface area (Å²) < 4.78 is 26.1. The van der Waals surface area contributed by atoms with Gasteiger partial charge in [0.1, 0.15) is 0 Å². The van der Waals surface area contributed by atoms with Crippen molar-refractivity contribution >= 4 is 15.9 Å². The van der Waals surface area contributed by atoms with Gasteiger partial charge in [-0.1, -0.05) is 25.5 Å². The summed E-state index contributed by atoms with van der Waals surface area (Å²) in [5, 5.41) is 2.87. The van der Waals surface area contributed by atoms with E-state index < -0.39 is 10.0 Å².